The second-order valence-electron chi connectivity index (χ2n) is 26.6. The molecule has 5 heteroatoms. The zero-order valence-corrected chi connectivity index (χ0v) is 48.7. The summed E-state index contributed by atoms with van der Waals surface area (Å²) in [5.41, 5.74) is 27.1. The lowest BCUT2D eigenvalue weighted by atomic mass is 9.33. The van der Waals surface area contributed by atoms with Crippen molar-refractivity contribution in [3.63, 3.8) is 0 Å². The molecule has 0 fully saturated rings. The first-order valence-corrected chi connectivity index (χ1v) is 28.2. The molecule has 0 amide bonds. The highest BCUT2D eigenvalue weighted by molar-refractivity contribution is 7.00. The molecule has 0 unspecified atom stereocenters. The summed E-state index contributed by atoms with van der Waals surface area (Å²) >= 11 is 0. The zero-order chi connectivity index (χ0) is 55.0. The van der Waals surface area contributed by atoms with Crippen molar-refractivity contribution < 1.29 is 0 Å². The fourth-order valence-corrected chi connectivity index (χ4v) is 12.6. The van der Waals surface area contributed by atoms with Crippen LogP contribution in [0, 0.1) is 20.8 Å². The van der Waals surface area contributed by atoms with E-state index in [4.69, 9.17) is 0 Å². The Morgan fingerprint density at radius 3 is 1.46 bits per heavy atom. The summed E-state index contributed by atoms with van der Waals surface area (Å²) in [7, 11) is 0. The number of nitrogens with zero attached hydrogens (tertiary/aromatic N) is 4. The Kier molecular flexibility index (Phi) is 11.9. The lowest BCUT2D eigenvalue weighted by molar-refractivity contribution is 0.589. The Morgan fingerprint density at radius 1 is 0.359 bits per heavy atom. The van der Waals surface area contributed by atoms with Crippen molar-refractivity contribution in [1.82, 2.24) is 4.57 Å². The van der Waals surface area contributed by atoms with Gasteiger partial charge in [-0.05, 0) is 183 Å². The van der Waals surface area contributed by atoms with Gasteiger partial charge in [0.1, 0.15) is 0 Å². The van der Waals surface area contributed by atoms with E-state index in [-0.39, 0.29) is 28.4 Å². The third-order valence-electron chi connectivity index (χ3n) is 16.8. The minimum atomic E-state index is -0.0493. The predicted octanol–water partition coefficient (Wildman–Crippen LogP) is 18.5. The zero-order valence-electron chi connectivity index (χ0n) is 48.7. The maximum Gasteiger partial charge on any atom is 0.252 e. The van der Waals surface area contributed by atoms with Crippen LogP contribution in [0.15, 0.2) is 182 Å². The Hall–Kier alpha value is -7.76. The third-order valence-corrected chi connectivity index (χ3v) is 16.8. The molecule has 2 aliphatic heterocycles. The second-order valence-corrected chi connectivity index (χ2v) is 26.6. The van der Waals surface area contributed by atoms with Gasteiger partial charge in [0, 0.05) is 62.0 Å². The molecule has 0 saturated carbocycles. The minimum Gasteiger partial charge on any atom is -0.311 e. The molecule has 390 valence electrons. The van der Waals surface area contributed by atoms with Gasteiger partial charge in [-0.25, -0.2) is 0 Å². The predicted molar refractivity (Wildman–Crippen MR) is 338 cm³/mol. The van der Waals surface area contributed by atoms with Crippen LogP contribution in [0.5, 0.6) is 0 Å². The summed E-state index contributed by atoms with van der Waals surface area (Å²) in [6, 6.07) is 69.9. The summed E-state index contributed by atoms with van der Waals surface area (Å²) in [5.74, 6) is 0. The minimum absolute atomic E-state index is 0.00321. The number of hydrogen-bond acceptors (Lipinski definition) is 3. The average molecular weight is 1020 g/mol. The average Bonchev–Trinajstić information content (AvgIpc) is 3.79. The summed E-state index contributed by atoms with van der Waals surface area (Å²) in [4.78, 5) is 7.71. The third kappa shape index (κ3) is 8.53. The van der Waals surface area contributed by atoms with Gasteiger partial charge >= 0.3 is 0 Å². The Balaban J connectivity index is 1.15. The molecule has 1 aromatic heterocycles. The van der Waals surface area contributed by atoms with E-state index in [1.54, 1.807) is 0 Å². The molecule has 0 bridgehead atoms. The molecule has 0 spiro atoms. The molecule has 4 nitrogen and oxygen atoms in total. The molecule has 0 atom stereocenters. The van der Waals surface area contributed by atoms with Crippen LogP contribution in [0.1, 0.15) is 122 Å². The van der Waals surface area contributed by atoms with Gasteiger partial charge in [0.25, 0.3) is 6.71 Å². The largest absolute Gasteiger partial charge is 0.311 e. The van der Waals surface area contributed by atoms with Gasteiger partial charge in [-0.1, -0.05) is 180 Å². The molecule has 3 heterocycles. The van der Waals surface area contributed by atoms with Gasteiger partial charge < -0.3 is 19.3 Å². The summed E-state index contributed by atoms with van der Waals surface area (Å²) in [5, 5.41) is 2.47. The van der Waals surface area contributed by atoms with Crippen LogP contribution in [0.4, 0.5) is 51.2 Å². The summed E-state index contributed by atoms with van der Waals surface area (Å²) < 4.78 is 2.43. The highest BCUT2D eigenvalue weighted by Crippen LogP contribution is 2.50. The molecule has 0 aliphatic carbocycles. The molecule has 0 N–H and O–H groups in total. The molecule has 10 aromatic rings. The van der Waals surface area contributed by atoms with Gasteiger partial charge in [-0.15, -0.1) is 0 Å². The number of benzene rings is 9. The van der Waals surface area contributed by atoms with Crippen LogP contribution < -0.4 is 31.1 Å². The van der Waals surface area contributed by atoms with Crippen molar-refractivity contribution in [2.24, 2.45) is 0 Å². The lowest BCUT2D eigenvalue weighted by Gasteiger charge is -2.45. The fourth-order valence-electron chi connectivity index (χ4n) is 12.6. The molecular weight excluding hydrogens is 944 g/mol. The van der Waals surface area contributed by atoms with Crippen LogP contribution in [0.2, 0.25) is 0 Å². The Morgan fingerprint density at radius 2 is 0.846 bits per heavy atom. The number of rotatable bonds is 6. The first kappa shape index (κ1) is 51.0. The maximum atomic E-state index is 2.64. The molecule has 12 rings (SSSR count). The smallest absolute Gasteiger partial charge is 0.252 e. The van der Waals surface area contributed by atoms with Crippen LogP contribution in [-0.2, 0) is 21.7 Å². The summed E-state index contributed by atoms with van der Waals surface area (Å²) in [6.45, 7) is 34.7. The number of hydrogen-bond donors (Lipinski definition) is 0. The fraction of sp³-hybridized carbons (Fsp3) is 0.260. The molecule has 0 radical (unpaired) electrons. The second kappa shape index (κ2) is 18.2. The van der Waals surface area contributed by atoms with Crippen molar-refractivity contribution in [2.45, 2.75) is 126 Å². The topological polar surface area (TPSA) is 14.7 Å². The number of para-hydroxylation sites is 2. The van der Waals surface area contributed by atoms with E-state index >= 15 is 0 Å². The van der Waals surface area contributed by atoms with E-state index in [0.717, 1.165) is 22.7 Å². The van der Waals surface area contributed by atoms with Crippen molar-refractivity contribution in [3.05, 3.63) is 221 Å². The van der Waals surface area contributed by atoms with Gasteiger partial charge in [0.15, 0.2) is 0 Å². The van der Waals surface area contributed by atoms with E-state index in [1.165, 1.54) is 111 Å². The van der Waals surface area contributed by atoms with E-state index in [1.807, 2.05) is 0 Å². The summed E-state index contributed by atoms with van der Waals surface area (Å²) in [6.07, 6.45) is 0. The van der Waals surface area contributed by atoms with Gasteiger partial charge in [-0.3, -0.25) is 0 Å². The molecule has 2 aliphatic rings. The molecular formula is C73H75BN4. The van der Waals surface area contributed by atoms with Crippen LogP contribution in [-0.4, -0.2) is 11.3 Å². The van der Waals surface area contributed by atoms with Gasteiger partial charge in [0.2, 0.25) is 0 Å². The SMILES string of the molecule is Cc1cc2c3c(c1)N(c1c(C)cc(C(C)(C)C)cc1C)c1cc(N(c4ccc(C(C)(C)C)cc4)c4ccc5c6ccccc6n(-c6ccccc6)c5c4)ccc1B3c1ccc(C(C)(C)C)cc1N2c1ccc(C(C)(C)C)cc1. The molecule has 0 saturated heterocycles. The lowest BCUT2D eigenvalue weighted by Crippen LogP contribution is -2.61. The highest BCUT2D eigenvalue weighted by Gasteiger charge is 2.45. The van der Waals surface area contributed by atoms with Crippen LogP contribution >= 0.6 is 0 Å². The van der Waals surface area contributed by atoms with Crippen LogP contribution in [0.3, 0.4) is 0 Å². The van der Waals surface area contributed by atoms with E-state index in [9.17, 15) is 0 Å². The number of aromatic nitrogens is 1. The van der Waals surface area contributed by atoms with Crippen molar-refractivity contribution >= 4 is 96.1 Å². The van der Waals surface area contributed by atoms with Gasteiger partial charge in [0.05, 0.1) is 16.7 Å². The highest BCUT2D eigenvalue weighted by atomic mass is 15.2. The van der Waals surface area contributed by atoms with Crippen molar-refractivity contribution in [2.75, 3.05) is 14.7 Å². The quantitative estimate of drug-likeness (QED) is 0.154. The van der Waals surface area contributed by atoms with Crippen LogP contribution in [0.25, 0.3) is 27.5 Å². The van der Waals surface area contributed by atoms with Crippen molar-refractivity contribution in [3.8, 4) is 5.69 Å². The number of fused-ring (bicyclic) bond motifs is 7. The van der Waals surface area contributed by atoms with E-state index < -0.39 is 0 Å². The van der Waals surface area contributed by atoms with Crippen molar-refractivity contribution in [1.29, 1.82) is 0 Å². The van der Waals surface area contributed by atoms with E-state index in [0.29, 0.717) is 0 Å². The maximum absolute atomic E-state index is 2.64. The first-order chi connectivity index (χ1) is 37.0. The standard InChI is InChI=1S/C73H75BN4/c1-46-39-66-68-67(40-46)78(69-47(2)41-52(42-48(69)3)73(13,14)15)65-45-57(35-38-61(65)74(68)60-37-29-51(72(10,11)12)43-64(60)77(66)55-32-27-50(28-33-55)71(7,8)9)75(54-30-25-49(26-31-54)70(4,5)6)56-34-36-59-58-23-19-20-24-62(58)76(63(59)44-56)53-21-17-16-18-22-53/h16-45H,1-15H3. The number of anilines is 9. The van der Waals surface area contributed by atoms with Gasteiger partial charge in [-0.2, -0.15) is 0 Å². The number of aryl methyl sites for hydroxylation is 3. The van der Waals surface area contributed by atoms with E-state index in [2.05, 4.69) is 305 Å². The molecule has 78 heavy (non-hydrogen) atoms. The molecule has 9 aromatic carbocycles. The monoisotopic (exact) mass is 1020 g/mol. The Labute approximate surface area is 465 Å². The Bertz CT molecular complexity index is 3960. The normalized spacial score (nSPS) is 13.5. The first-order valence-electron chi connectivity index (χ1n) is 28.2.